The van der Waals surface area contributed by atoms with Crippen LogP contribution in [0.2, 0.25) is 0 Å². The number of fused-ring (bicyclic) bond motifs is 2. The van der Waals surface area contributed by atoms with Gasteiger partial charge in [0.2, 0.25) is 23.0 Å². The first-order chi connectivity index (χ1) is 30.3. The lowest BCUT2D eigenvalue weighted by Gasteiger charge is -2.49. The van der Waals surface area contributed by atoms with Crippen LogP contribution in [0.25, 0.3) is 11.2 Å². The molecule has 0 bridgehead atoms. The molecule has 2 atom stereocenters. The summed E-state index contributed by atoms with van der Waals surface area (Å²) in [6.45, 7) is 13.6. The van der Waals surface area contributed by atoms with Crippen LogP contribution in [0.15, 0.2) is 65.3 Å². The van der Waals surface area contributed by atoms with Crippen LogP contribution in [0.4, 0.5) is 14.7 Å². The molecule has 0 spiro atoms. The molecular weight excluding hydrogens is 869 g/mol. The fraction of sp³-hybridized carbons (Fsp3) is 0.476. The Hall–Kier alpha value is -6.29. The Morgan fingerprint density at radius 3 is 2.47 bits per heavy atom. The number of β-lactam (4-membered cyclic amide) rings is 1. The summed E-state index contributed by atoms with van der Waals surface area (Å²) in [5.41, 5.74) is 1.20. The molecule has 0 radical (unpaired) electrons. The van der Waals surface area contributed by atoms with E-state index in [2.05, 4.69) is 25.1 Å². The standard InChI is InChI=1S/C42H52N10O10S2/c1-10-60-47-29(32-45-38(64-48-32)46-39(56)61-41(2,3)4)34(53)44-30-35(54)52-31(37(55)59-22-25-14-16-27(58-9)17-15-25)26(23-63-36(30)52)21-50-19-11-13-28-33(50)43-24-51(28)20-12-18-49(8)40(57)62-42(5,6)7/h11,13-17,19,24,30,36H,10,12,18,20-23H2,1-9H3,(H-,44,45,46,48,53,56)/p+1/b47-29-. The van der Waals surface area contributed by atoms with E-state index in [1.807, 2.05) is 48.2 Å². The number of esters is 1. The van der Waals surface area contributed by atoms with E-state index in [-0.39, 0.29) is 42.1 Å². The molecule has 6 rings (SSSR count). The Labute approximate surface area is 378 Å². The number of methoxy groups -OCH3 is 1. The zero-order valence-electron chi connectivity index (χ0n) is 37.2. The predicted molar refractivity (Wildman–Crippen MR) is 236 cm³/mol. The SMILES string of the molecule is CCO/N=C(\C(=O)NC1C(=O)N2C(C(=O)OCc3ccc(OC)cc3)=C(C[n+]3cccc4c3ncn4CCCN(C)C(=O)OC(C)(C)C)CSC12)c1nsc(NC(=O)OC(C)(C)C)n1. The number of aryl methyl sites for hydroxylation is 1. The number of amides is 4. The predicted octanol–water partition coefficient (Wildman–Crippen LogP) is 4.63. The number of hydrogen-bond acceptors (Lipinski definition) is 16. The first-order valence-electron chi connectivity index (χ1n) is 20.4. The number of rotatable bonds is 16. The molecule has 2 unspecified atom stereocenters. The summed E-state index contributed by atoms with van der Waals surface area (Å²) in [4.78, 5) is 83.9. The van der Waals surface area contributed by atoms with Crippen LogP contribution in [0.1, 0.15) is 66.3 Å². The van der Waals surface area contributed by atoms with Crippen molar-refractivity contribution in [1.29, 1.82) is 0 Å². The second kappa shape index (κ2) is 20.0. The Morgan fingerprint density at radius 1 is 1.05 bits per heavy atom. The lowest BCUT2D eigenvalue weighted by atomic mass is 10.0. The maximum Gasteiger partial charge on any atom is 0.414 e. The Morgan fingerprint density at radius 2 is 1.78 bits per heavy atom. The molecule has 2 N–H and O–H groups in total. The molecule has 1 fully saturated rings. The van der Waals surface area contributed by atoms with Crippen molar-refractivity contribution < 1.29 is 52.3 Å². The highest BCUT2D eigenvalue weighted by Crippen LogP contribution is 2.41. The van der Waals surface area contributed by atoms with Crippen molar-refractivity contribution in [2.75, 3.05) is 38.4 Å². The molecule has 4 amide bonds. The quantitative estimate of drug-likeness (QED) is 0.0391. The molecule has 20 nitrogen and oxygen atoms in total. The number of pyridine rings is 1. The molecule has 2 aliphatic heterocycles. The number of nitrogens with zero attached hydrogens (tertiary/aromatic N) is 8. The van der Waals surface area contributed by atoms with Crippen LogP contribution >= 0.6 is 23.3 Å². The number of hydrogen-bond donors (Lipinski definition) is 2. The molecule has 0 aliphatic carbocycles. The minimum absolute atomic E-state index is 0.0499. The molecule has 342 valence electrons. The van der Waals surface area contributed by atoms with E-state index >= 15 is 0 Å². The van der Waals surface area contributed by atoms with Crippen LogP contribution in [0.3, 0.4) is 0 Å². The zero-order chi connectivity index (χ0) is 46.3. The molecular formula is C42H53N10O10S2+. The lowest BCUT2D eigenvalue weighted by Crippen LogP contribution is -2.71. The van der Waals surface area contributed by atoms with Gasteiger partial charge in [0.1, 0.15) is 59.3 Å². The number of ether oxygens (including phenoxy) is 4. The van der Waals surface area contributed by atoms with Gasteiger partial charge in [-0.25, -0.2) is 19.0 Å². The highest BCUT2D eigenvalue weighted by molar-refractivity contribution is 8.00. The molecule has 4 aromatic rings. The summed E-state index contributed by atoms with van der Waals surface area (Å²) in [6, 6.07) is 9.82. The van der Waals surface area contributed by atoms with Crippen molar-refractivity contribution in [3.8, 4) is 5.75 Å². The van der Waals surface area contributed by atoms with Crippen molar-refractivity contribution >= 4 is 75.3 Å². The smallest absolute Gasteiger partial charge is 0.414 e. The number of carbonyl (C=O) groups excluding carboxylic acids is 5. The molecule has 1 aromatic carbocycles. The first kappa shape index (κ1) is 47.2. The maximum atomic E-state index is 14.1. The highest BCUT2D eigenvalue weighted by atomic mass is 32.2. The Bertz CT molecular complexity index is 2440. The largest absolute Gasteiger partial charge is 0.497 e. The highest BCUT2D eigenvalue weighted by Gasteiger charge is 2.55. The number of thioether (sulfide) groups is 1. The average molecular weight is 922 g/mol. The normalized spacial score (nSPS) is 16.4. The van der Waals surface area contributed by atoms with Gasteiger partial charge in [-0.2, -0.15) is 9.36 Å². The Balaban J connectivity index is 1.21. The van der Waals surface area contributed by atoms with E-state index in [0.29, 0.717) is 47.8 Å². The van der Waals surface area contributed by atoms with E-state index < -0.39 is 52.6 Å². The summed E-state index contributed by atoms with van der Waals surface area (Å²) < 4.78 is 29.9. The first-order valence-corrected chi connectivity index (χ1v) is 22.3. The monoisotopic (exact) mass is 921 g/mol. The van der Waals surface area contributed by atoms with Crippen molar-refractivity contribution in [2.24, 2.45) is 5.16 Å². The van der Waals surface area contributed by atoms with E-state index in [1.165, 1.54) is 16.7 Å². The zero-order valence-corrected chi connectivity index (χ0v) is 38.8. The molecule has 0 saturated carbocycles. The third kappa shape index (κ3) is 11.6. The van der Waals surface area contributed by atoms with E-state index in [9.17, 15) is 24.0 Å². The maximum absolute atomic E-state index is 14.1. The number of aromatic nitrogens is 5. The van der Waals surface area contributed by atoms with Gasteiger partial charge >= 0.3 is 23.8 Å². The number of carbonyl (C=O) groups is 5. The molecule has 64 heavy (non-hydrogen) atoms. The van der Waals surface area contributed by atoms with Gasteiger partial charge in [0.15, 0.2) is 0 Å². The number of imidazole rings is 1. The molecule has 22 heteroatoms. The van der Waals surface area contributed by atoms with Crippen LogP contribution in [0, 0.1) is 0 Å². The molecule has 5 heterocycles. The number of benzene rings is 1. The minimum atomic E-state index is -1.06. The van der Waals surface area contributed by atoms with Gasteiger partial charge in [0.05, 0.1) is 13.3 Å². The summed E-state index contributed by atoms with van der Waals surface area (Å²) in [7, 11) is 3.26. The van der Waals surface area contributed by atoms with Gasteiger partial charge < -0.3 is 38.6 Å². The van der Waals surface area contributed by atoms with Gasteiger partial charge in [-0.15, -0.1) is 11.8 Å². The number of oxime groups is 1. The van der Waals surface area contributed by atoms with Gasteiger partial charge in [-0.05, 0) is 89.7 Å². The van der Waals surface area contributed by atoms with Crippen molar-refractivity contribution in [3.63, 3.8) is 0 Å². The summed E-state index contributed by atoms with van der Waals surface area (Å²) in [6.07, 6.45) is 3.07. The van der Waals surface area contributed by atoms with E-state index in [4.69, 9.17) is 28.8 Å². The van der Waals surface area contributed by atoms with Crippen LogP contribution < -0.4 is 19.9 Å². The van der Waals surface area contributed by atoms with Gasteiger partial charge in [0, 0.05) is 43.0 Å². The van der Waals surface area contributed by atoms with Crippen molar-refractivity contribution in [1.82, 2.24) is 34.0 Å². The molecule has 1 saturated heterocycles. The number of nitrogens with one attached hydrogen (secondary N) is 2. The third-order valence-electron chi connectivity index (χ3n) is 9.41. The van der Waals surface area contributed by atoms with Gasteiger partial charge in [0.25, 0.3) is 11.8 Å². The van der Waals surface area contributed by atoms with Crippen LogP contribution in [-0.4, -0.2) is 120 Å². The van der Waals surface area contributed by atoms with Gasteiger partial charge in [-0.3, -0.25) is 19.8 Å². The van der Waals surface area contributed by atoms with Crippen molar-refractivity contribution in [3.05, 3.63) is 71.6 Å². The topological polar surface area (TPSA) is 222 Å². The third-order valence-corrected chi connectivity index (χ3v) is 11.4. The summed E-state index contributed by atoms with van der Waals surface area (Å²) in [5.74, 6) is -1.25. The fourth-order valence-corrected chi connectivity index (χ4v) is 8.41. The van der Waals surface area contributed by atoms with Gasteiger partial charge in [-0.1, -0.05) is 17.3 Å². The second-order valence-electron chi connectivity index (χ2n) is 16.7. The molecule has 2 aliphatic rings. The minimum Gasteiger partial charge on any atom is -0.497 e. The average Bonchev–Trinajstić information content (AvgIpc) is 3.88. The summed E-state index contributed by atoms with van der Waals surface area (Å²) >= 11 is 2.17. The second-order valence-corrected chi connectivity index (χ2v) is 18.5. The van der Waals surface area contributed by atoms with Crippen molar-refractivity contribution in [2.45, 2.75) is 97.2 Å². The Kier molecular flexibility index (Phi) is 14.8. The fourth-order valence-electron chi connectivity index (χ4n) is 6.52. The van der Waals surface area contributed by atoms with Crippen LogP contribution in [0.5, 0.6) is 5.75 Å². The van der Waals surface area contributed by atoms with E-state index in [0.717, 1.165) is 17.0 Å². The summed E-state index contributed by atoms with van der Waals surface area (Å²) in [5, 5.41) is 8.52. The van der Waals surface area contributed by atoms with Crippen LogP contribution in [-0.2, 0) is 53.1 Å². The lowest BCUT2D eigenvalue weighted by molar-refractivity contribution is -0.664. The number of anilines is 1. The molecule has 3 aromatic heterocycles. The van der Waals surface area contributed by atoms with E-state index in [1.54, 1.807) is 77.3 Å².